The second-order valence-electron chi connectivity index (χ2n) is 3.01. The third-order valence-corrected chi connectivity index (χ3v) is 1.96. The van der Waals surface area contributed by atoms with Gasteiger partial charge in [0, 0.05) is 6.54 Å². The first-order valence-electron chi connectivity index (χ1n) is 4.28. The van der Waals surface area contributed by atoms with Crippen LogP contribution in [0.1, 0.15) is 26.7 Å². The first-order valence-corrected chi connectivity index (χ1v) is 4.28. The number of nitrogens with zero attached hydrogens (tertiary/aromatic N) is 1. The number of imide groups is 1. The van der Waals surface area contributed by atoms with Crippen LogP contribution in [-0.4, -0.2) is 29.4 Å². The number of hydrogen-bond donors (Lipinski definition) is 1. The van der Waals surface area contributed by atoms with Gasteiger partial charge in [-0.2, -0.15) is 0 Å². The van der Waals surface area contributed by atoms with Crippen molar-refractivity contribution in [2.75, 3.05) is 6.54 Å². The van der Waals surface area contributed by atoms with E-state index in [1.165, 1.54) is 4.90 Å². The molecule has 0 aromatic rings. The van der Waals surface area contributed by atoms with E-state index in [-0.39, 0.29) is 18.0 Å². The average molecular weight is 170 g/mol. The maximum absolute atomic E-state index is 11.3. The fourth-order valence-electron chi connectivity index (χ4n) is 1.19. The number of hydrogen-bond acceptors (Lipinski definition) is 2. The lowest BCUT2D eigenvalue weighted by Gasteiger charge is -2.10. The number of urea groups is 1. The molecule has 1 aliphatic heterocycles. The summed E-state index contributed by atoms with van der Waals surface area (Å²) < 4.78 is 0. The van der Waals surface area contributed by atoms with Crippen molar-refractivity contribution in [3.63, 3.8) is 0 Å². The van der Waals surface area contributed by atoms with Crippen LogP contribution in [0.4, 0.5) is 4.79 Å². The summed E-state index contributed by atoms with van der Waals surface area (Å²) in [6, 6.07) is -0.588. The van der Waals surface area contributed by atoms with Crippen LogP contribution >= 0.6 is 0 Å². The van der Waals surface area contributed by atoms with Crippen molar-refractivity contribution in [3.8, 4) is 0 Å². The van der Waals surface area contributed by atoms with Gasteiger partial charge in [-0.15, -0.1) is 0 Å². The number of rotatable bonds is 3. The van der Waals surface area contributed by atoms with Gasteiger partial charge in [-0.05, 0) is 13.3 Å². The summed E-state index contributed by atoms with van der Waals surface area (Å²) in [4.78, 5) is 23.6. The molecule has 4 nitrogen and oxygen atoms in total. The number of nitrogens with one attached hydrogen (secondary N) is 1. The quantitative estimate of drug-likeness (QED) is 0.635. The second-order valence-corrected chi connectivity index (χ2v) is 3.01. The standard InChI is InChI=1S/C8H14N2O2/c1-3-4-5-10-7(11)6(2)9-8(10)12/h6H,3-5H2,1-2H3,(H,9,12)/t6-/m1/s1. The molecule has 1 fully saturated rings. The number of amides is 3. The van der Waals surface area contributed by atoms with Crippen LogP contribution in [0.2, 0.25) is 0 Å². The Morgan fingerprint density at radius 1 is 1.50 bits per heavy atom. The molecule has 1 N–H and O–H groups in total. The highest BCUT2D eigenvalue weighted by atomic mass is 16.2. The minimum absolute atomic E-state index is 0.103. The molecule has 0 unspecified atom stereocenters. The lowest BCUT2D eigenvalue weighted by Crippen LogP contribution is -2.31. The van der Waals surface area contributed by atoms with Crippen molar-refractivity contribution >= 4 is 11.9 Å². The highest BCUT2D eigenvalue weighted by molar-refractivity contribution is 6.03. The normalized spacial score (nSPS) is 23.2. The van der Waals surface area contributed by atoms with Crippen molar-refractivity contribution < 1.29 is 9.59 Å². The minimum atomic E-state index is -0.339. The van der Waals surface area contributed by atoms with Crippen LogP contribution < -0.4 is 5.32 Å². The summed E-state index contributed by atoms with van der Waals surface area (Å²) in [6.45, 7) is 4.28. The molecule has 1 aliphatic rings. The lowest BCUT2D eigenvalue weighted by atomic mass is 10.3. The Balaban J connectivity index is 2.52. The topological polar surface area (TPSA) is 49.4 Å². The Kier molecular flexibility index (Phi) is 2.68. The number of carbonyl (C=O) groups is 2. The zero-order valence-electron chi connectivity index (χ0n) is 7.46. The van der Waals surface area contributed by atoms with Gasteiger partial charge in [0.25, 0.3) is 5.91 Å². The Hall–Kier alpha value is -1.06. The van der Waals surface area contributed by atoms with Gasteiger partial charge in [0.2, 0.25) is 0 Å². The zero-order chi connectivity index (χ0) is 9.14. The largest absolute Gasteiger partial charge is 0.326 e. The molecule has 0 bridgehead atoms. The third kappa shape index (κ3) is 1.57. The molecule has 0 aromatic carbocycles. The second kappa shape index (κ2) is 3.56. The SMILES string of the molecule is CCCCN1C(=O)N[C@H](C)C1=O. The molecular weight excluding hydrogens is 156 g/mol. The van der Waals surface area contributed by atoms with Crippen LogP contribution in [-0.2, 0) is 4.79 Å². The number of carbonyl (C=O) groups excluding carboxylic acids is 2. The first kappa shape index (κ1) is 9.03. The molecule has 1 rings (SSSR count). The van der Waals surface area contributed by atoms with Crippen molar-refractivity contribution in [1.82, 2.24) is 10.2 Å². The van der Waals surface area contributed by atoms with E-state index in [1.54, 1.807) is 6.92 Å². The maximum Gasteiger partial charge on any atom is 0.324 e. The molecule has 1 saturated heterocycles. The van der Waals surface area contributed by atoms with Gasteiger partial charge in [-0.3, -0.25) is 9.69 Å². The third-order valence-electron chi connectivity index (χ3n) is 1.96. The molecule has 1 atom stereocenters. The Morgan fingerprint density at radius 2 is 2.17 bits per heavy atom. The molecule has 0 spiro atoms. The first-order chi connectivity index (χ1) is 5.66. The summed E-state index contributed by atoms with van der Waals surface area (Å²) in [5.74, 6) is -0.103. The van der Waals surface area contributed by atoms with E-state index in [2.05, 4.69) is 5.32 Å². The van der Waals surface area contributed by atoms with Gasteiger partial charge in [0.15, 0.2) is 0 Å². The molecule has 0 aliphatic carbocycles. The van der Waals surface area contributed by atoms with Gasteiger partial charge < -0.3 is 5.32 Å². The fourth-order valence-corrected chi connectivity index (χ4v) is 1.19. The van der Waals surface area contributed by atoms with E-state index in [0.29, 0.717) is 6.54 Å². The van der Waals surface area contributed by atoms with E-state index in [9.17, 15) is 9.59 Å². The van der Waals surface area contributed by atoms with Crippen molar-refractivity contribution in [2.24, 2.45) is 0 Å². The zero-order valence-corrected chi connectivity index (χ0v) is 7.46. The molecule has 0 aromatic heterocycles. The predicted octanol–water partition coefficient (Wildman–Crippen LogP) is 0.727. The summed E-state index contributed by atoms with van der Waals surface area (Å²) >= 11 is 0. The average Bonchev–Trinajstić information content (AvgIpc) is 2.25. The van der Waals surface area contributed by atoms with E-state index in [0.717, 1.165) is 12.8 Å². The monoisotopic (exact) mass is 170 g/mol. The molecule has 0 saturated carbocycles. The fraction of sp³-hybridized carbons (Fsp3) is 0.750. The van der Waals surface area contributed by atoms with Crippen LogP contribution in [0.5, 0.6) is 0 Å². The molecule has 0 radical (unpaired) electrons. The summed E-state index contributed by atoms with van der Waals surface area (Å²) in [5.41, 5.74) is 0. The molecule has 4 heteroatoms. The Labute approximate surface area is 71.9 Å². The van der Waals surface area contributed by atoms with E-state index in [4.69, 9.17) is 0 Å². The van der Waals surface area contributed by atoms with E-state index < -0.39 is 0 Å². The van der Waals surface area contributed by atoms with Crippen LogP contribution in [0.3, 0.4) is 0 Å². The highest BCUT2D eigenvalue weighted by Gasteiger charge is 2.33. The maximum atomic E-state index is 11.3. The molecule has 1 heterocycles. The summed E-state index contributed by atoms with van der Waals surface area (Å²) in [7, 11) is 0. The summed E-state index contributed by atoms with van der Waals surface area (Å²) in [5, 5.41) is 2.56. The molecule has 68 valence electrons. The Bertz CT molecular complexity index is 203. The molecule has 3 amide bonds. The lowest BCUT2D eigenvalue weighted by molar-refractivity contribution is -0.127. The number of unbranched alkanes of at least 4 members (excludes halogenated alkanes) is 1. The Morgan fingerprint density at radius 3 is 2.58 bits per heavy atom. The van der Waals surface area contributed by atoms with Gasteiger partial charge in [-0.1, -0.05) is 13.3 Å². The smallest absolute Gasteiger partial charge is 0.324 e. The van der Waals surface area contributed by atoms with E-state index >= 15 is 0 Å². The van der Waals surface area contributed by atoms with Gasteiger partial charge in [-0.25, -0.2) is 4.79 Å². The summed E-state index contributed by atoms with van der Waals surface area (Å²) in [6.07, 6.45) is 1.87. The van der Waals surface area contributed by atoms with Crippen molar-refractivity contribution in [1.29, 1.82) is 0 Å². The van der Waals surface area contributed by atoms with E-state index in [1.807, 2.05) is 6.92 Å². The minimum Gasteiger partial charge on any atom is -0.326 e. The predicted molar refractivity (Wildman–Crippen MR) is 44.6 cm³/mol. The molecular formula is C8H14N2O2. The van der Waals surface area contributed by atoms with Gasteiger partial charge >= 0.3 is 6.03 Å². The van der Waals surface area contributed by atoms with Crippen molar-refractivity contribution in [2.45, 2.75) is 32.7 Å². The van der Waals surface area contributed by atoms with Crippen LogP contribution in [0.25, 0.3) is 0 Å². The van der Waals surface area contributed by atoms with Crippen LogP contribution in [0, 0.1) is 0 Å². The van der Waals surface area contributed by atoms with Crippen LogP contribution in [0.15, 0.2) is 0 Å². The molecule has 12 heavy (non-hydrogen) atoms. The van der Waals surface area contributed by atoms with Gasteiger partial charge in [0.05, 0.1) is 0 Å². The van der Waals surface area contributed by atoms with Crippen molar-refractivity contribution in [3.05, 3.63) is 0 Å². The van der Waals surface area contributed by atoms with Gasteiger partial charge in [0.1, 0.15) is 6.04 Å². The highest BCUT2D eigenvalue weighted by Crippen LogP contribution is 2.06.